The number of pyridine rings is 1. The van der Waals surface area contributed by atoms with Crippen LogP contribution in [0.3, 0.4) is 0 Å². The summed E-state index contributed by atoms with van der Waals surface area (Å²) in [6.07, 6.45) is 0. The van der Waals surface area contributed by atoms with Crippen molar-refractivity contribution in [2.45, 2.75) is 24.3 Å². The Morgan fingerprint density at radius 1 is 1.42 bits per heavy atom. The molecule has 0 saturated heterocycles. The van der Waals surface area contributed by atoms with E-state index in [-0.39, 0.29) is 17.4 Å². The fourth-order valence-electron chi connectivity index (χ4n) is 1.52. The molecule has 2 aromatic rings. The molecular weight excluding hydrogens is 284 g/mol. The molecule has 0 fully saturated rings. The van der Waals surface area contributed by atoms with Gasteiger partial charge in [-0.2, -0.15) is 0 Å². The molecule has 0 radical (unpaired) electrons. The van der Waals surface area contributed by atoms with Crippen LogP contribution in [0, 0.1) is 6.92 Å². The molecule has 0 unspecified atom stereocenters. The first kappa shape index (κ1) is 14.1. The van der Waals surface area contributed by atoms with Crippen LogP contribution in [0.15, 0.2) is 33.9 Å². The summed E-state index contributed by atoms with van der Waals surface area (Å²) in [5.41, 5.74) is 2.11. The second-order valence-corrected chi connectivity index (χ2v) is 6.93. The summed E-state index contributed by atoms with van der Waals surface area (Å²) >= 11 is 1.09. The van der Waals surface area contributed by atoms with Gasteiger partial charge in [-0.1, -0.05) is 6.07 Å². The van der Waals surface area contributed by atoms with Gasteiger partial charge < -0.3 is 5.11 Å². The van der Waals surface area contributed by atoms with E-state index in [4.69, 9.17) is 5.11 Å². The lowest BCUT2D eigenvalue weighted by molar-refractivity contribution is 0.282. The van der Waals surface area contributed by atoms with Crippen molar-refractivity contribution in [3.63, 3.8) is 0 Å². The highest BCUT2D eigenvalue weighted by Gasteiger charge is 2.16. The van der Waals surface area contributed by atoms with Crippen molar-refractivity contribution >= 4 is 21.4 Å². The summed E-state index contributed by atoms with van der Waals surface area (Å²) in [7, 11) is -3.54. The van der Waals surface area contributed by atoms with E-state index in [2.05, 4.69) is 9.71 Å². The van der Waals surface area contributed by atoms with Crippen LogP contribution in [-0.2, 0) is 23.2 Å². The normalized spacial score (nSPS) is 11.7. The molecule has 0 aliphatic rings. The maximum atomic E-state index is 12.0. The average molecular weight is 298 g/mol. The predicted molar refractivity (Wildman–Crippen MR) is 73.2 cm³/mol. The minimum Gasteiger partial charge on any atom is -0.392 e. The summed E-state index contributed by atoms with van der Waals surface area (Å²) in [6.45, 7) is 1.84. The number of thiophene rings is 1. The molecule has 2 aromatic heterocycles. The summed E-state index contributed by atoms with van der Waals surface area (Å²) < 4.78 is 26.7. The van der Waals surface area contributed by atoms with Gasteiger partial charge in [0.1, 0.15) is 4.21 Å². The van der Waals surface area contributed by atoms with E-state index in [1.807, 2.05) is 19.1 Å². The van der Waals surface area contributed by atoms with Crippen molar-refractivity contribution in [1.29, 1.82) is 0 Å². The molecule has 0 aromatic carbocycles. The highest BCUT2D eigenvalue weighted by atomic mass is 32.2. The highest BCUT2D eigenvalue weighted by Crippen LogP contribution is 2.20. The van der Waals surface area contributed by atoms with Crippen LogP contribution in [0.2, 0.25) is 0 Å². The van der Waals surface area contributed by atoms with Gasteiger partial charge in [0.2, 0.25) is 10.0 Å². The van der Waals surface area contributed by atoms with Crippen molar-refractivity contribution in [3.8, 4) is 0 Å². The topological polar surface area (TPSA) is 79.3 Å². The zero-order chi connectivity index (χ0) is 13.9. The Morgan fingerprint density at radius 3 is 2.84 bits per heavy atom. The van der Waals surface area contributed by atoms with Crippen molar-refractivity contribution in [1.82, 2.24) is 9.71 Å². The Kier molecular flexibility index (Phi) is 4.31. The second kappa shape index (κ2) is 5.79. The average Bonchev–Trinajstić information content (AvgIpc) is 2.86. The number of hydrogen-bond donors (Lipinski definition) is 2. The summed E-state index contributed by atoms with van der Waals surface area (Å²) in [5.74, 6) is 0. The van der Waals surface area contributed by atoms with Crippen LogP contribution in [0.25, 0.3) is 0 Å². The number of aromatic nitrogens is 1. The molecule has 2 heterocycles. The van der Waals surface area contributed by atoms with Crippen molar-refractivity contribution < 1.29 is 13.5 Å². The molecule has 0 bridgehead atoms. The number of aryl methyl sites for hydroxylation is 1. The van der Waals surface area contributed by atoms with Gasteiger partial charge in [-0.05, 0) is 36.1 Å². The zero-order valence-electron chi connectivity index (χ0n) is 10.3. The molecule has 0 atom stereocenters. The second-order valence-electron chi connectivity index (χ2n) is 4.03. The van der Waals surface area contributed by atoms with E-state index >= 15 is 0 Å². The summed E-state index contributed by atoms with van der Waals surface area (Å²) in [5, 5.41) is 10.6. The Bertz CT molecular complexity index is 665. The van der Waals surface area contributed by atoms with Gasteiger partial charge in [-0.25, -0.2) is 13.1 Å². The third-order valence-electron chi connectivity index (χ3n) is 2.47. The molecule has 2 N–H and O–H groups in total. The first-order chi connectivity index (χ1) is 9.01. The number of sulfonamides is 1. The van der Waals surface area contributed by atoms with Crippen LogP contribution in [0.5, 0.6) is 0 Å². The summed E-state index contributed by atoms with van der Waals surface area (Å²) in [6, 6.07) is 6.92. The monoisotopic (exact) mass is 298 g/mol. The van der Waals surface area contributed by atoms with E-state index in [0.717, 1.165) is 17.0 Å². The molecule has 102 valence electrons. The number of nitrogens with zero attached hydrogens (tertiary/aromatic N) is 1. The maximum Gasteiger partial charge on any atom is 0.250 e. The van der Waals surface area contributed by atoms with E-state index in [9.17, 15) is 8.42 Å². The number of hydrogen-bond acceptors (Lipinski definition) is 5. The van der Waals surface area contributed by atoms with Gasteiger partial charge in [0.15, 0.2) is 0 Å². The van der Waals surface area contributed by atoms with Crippen molar-refractivity contribution in [2.75, 3.05) is 0 Å². The minimum atomic E-state index is -3.54. The molecule has 7 heteroatoms. The molecule has 0 spiro atoms. The van der Waals surface area contributed by atoms with Crippen LogP contribution in [0.4, 0.5) is 0 Å². The van der Waals surface area contributed by atoms with E-state index < -0.39 is 10.0 Å². The van der Waals surface area contributed by atoms with E-state index in [1.165, 1.54) is 6.07 Å². The molecule has 5 nitrogen and oxygen atoms in total. The number of aliphatic hydroxyl groups excluding tert-OH is 1. The Morgan fingerprint density at radius 2 is 2.21 bits per heavy atom. The first-order valence-electron chi connectivity index (χ1n) is 5.62. The first-order valence-corrected chi connectivity index (χ1v) is 7.98. The standard InChI is InChI=1S/C12H14N2O3S2/c1-9-3-2-4-11(14-9)6-13-19(16,17)12-5-10(7-15)8-18-12/h2-5,8,13,15H,6-7H2,1H3. The lowest BCUT2D eigenvalue weighted by atomic mass is 10.3. The number of aliphatic hydroxyl groups is 1. The molecule has 0 saturated carbocycles. The lowest BCUT2D eigenvalue weighted by Gasteiger charge is -2.04. The fourth-order valence-corrected chi connectivity index (χ4v) is 3.76. The van der Waals surface area contributed by atoms with Gasteiger partial charge in [0.25, 0.3) is 0 Å². The molecular formula is C12H14N2O3S2. The van der Waals surface area contributed by atoms with Crippen LogP contribution >= 0.6 is 11.3 Å². The van der Waals surface area contributed by atoms with Gasteiger partial charge >= 0.3 is 0 Å². The SMILES string of the molecule is Cc1cccc(CNS(=O)(=O)c2cc(CO)cs2)n1. The van der Waals surface area contributed by atoms with Crippen LogP contribution in [0.1, 0.15) is 17.0 Å². The van der Waals surface area contributed by atoms with E-state index in [1.54, 1.807) is 11.4 Å². The summed E-state index contributed by atoms with van der Waals surface area (Å²) in [4.78, 5) is 4.23. The molecule has 0 aliphatic heterocycles. The van der Waals surface area contributed by atoms with Gasteiger partial charge in [-0.15, -0.1) is 11.3 Å². The van der Waals surface area contributed by atoms with Crippen molar-refractivity contribution in [2.24, 2.45) is 0 Å². The number of nitrogens with one attached hydrogen (secondary N) is 1. The van der Waals surface area contributed by atoms with Crippen LogP contribution in [-0.4, -0.2) is 18.5 Å². The third-order valence-corrected chi connectivity index (χ3v) is 5.36. The molecule has 2 rings (SSSR count). The van der Waals surface area contributed by atoms with Gasteiger partial charge in [-0.3, -0.25) is 4.98 Å². The van der Waals surface area contributed by atoms with Crippen molar-refractivity contribution in [3.05, 3.63) is 46.6 Å². The quantitative estimate of drug-likeness (QED) is 0.875. The Balaban J connectivity index is 2.09. The smallest absolute Gasteiger partial charge is 0.250 e. The number of rotatable bonds is 5. The predicted octanol–water partition coefficient (Wildman–Crippen LogP) is 1.42. The molecule has 0 amide bonds. The Labute approximate surface area is 116 Å². The van der Waals surface area contributed by atoms with Crippen LogP contribution < -0.4 is 4.72 Å². The zero-order valence-corrected chi connectivity index (χ0v) is 12.0. The lowest BCUT2D eigenvalue weighted by Crippen LogP contribution is -2.23. The highest BCUT2D eigenvalue weighted by molar-refractivity contribution is 7.91. The maximum absolute atomic E-state index is 12.0. The largest absolute Gasteiger partial charge is 0.392 e. The molecule has 19 heavy (non-hydrogen) atoms. The Hall–Kier alpha value is -1.28. The minimum absolute atomic E-state index is 0.149. The molecule has 0 aliphatic carbocycles. The van der Waals surface area contributed by atoms with E-state index in [0.29, 0.717) is 11.3 Å². The van der Waals surface area contributed by atoms with Gasteiger partial charge in [0, 0.05) is 5.69 Å². The third kappa shape index (κ3) is 3.60. The fraction of sp³-hybridized carbons (Fsp3) is 0.250. The van der Waals surface area contributed by atoms with Gasteiger partial charge in [0.05, 0.1) is 18.8 Å².